The second kappa shape index (κ2) is 8.63. The fourth-order valence-corrected chi connectivity index (χ4v) is 2.93. The Morgan fingerprint density at radius 1 is 1.08 bits per heavy atom. The van der Waals surface area contributed by atoms with Crippen molar-refractivity contribution in [3.8, 4) is 0 Å². The van der Waals surface area contributed by atoms with Gasteiger partial charge < -0.3 is 10.2 Å². The third-order valence-electron chi connectivity index (χ3n) is 4.75. The van der Waals surface area contributed by atoms with Gasteiger partial charge in [-0.1, -0.05) is 45.0 Å². The van der Waals surface area contributed by atoms with E-state index in [9.17, 15) is 4.79 Å². The second-order valence-corrected chi connectivity index (χ2v) is 8.13. The fourth-order valence-electron chi connectivity index (χ4n) is 2.93. The molecule has 0 atom stereocenters. The van der Waals surface area contributed by atoms with E-state index in [4.69, 9.17) is 0 Å². The summed E-state index contributed by atoms with van der Waals surface area (Å²) >= 11 is 0. The quantitative estimate of drug-likeness (QED) is 0.870. The van der Waals surface area contributed by atoms with Gasteiger partial charge in [0.1, 0.15) is 0 Å². The van der Waals surface area contributed by atoms with Crippen molar-refractivity contribution in [2.24, 2.45) is 5.41 Å². The molecule has 1 aromatic carbocycles. The molecule has 0 unspecified atom stereocenters. The first-order valence-electron chi connectivity index (χ1n) is 9.09. The minimum absolute atomic E-state index is 0.126. The van der Waals surface area contributed by atoms with Crippen LogP contribution in [0, 0.1) is 12.3 Å². The number of piperazine rings is 1. The predicted octanol–water partition coefficient (Wildman–Crippen LogP) is 2.67. The van der Waals surface area contributed by atoms with E-state index < -0.39 is 0 Å². The smallest absolute Gasteiger partial charge is 0.234 e. The Labute approximate surface area is 147 Å². The van der Waals surface area contributed by atoms with Crippen LogP contribution in [0.4, 0.5) is 0 Å². The first kappa shape index (κ1) is 18.9. The van der Waals surface area contributed by atoms with Crippen LogP contribution in [0.2, 0.25) is 0 Å². The zero-order valence-electron chi connectivity index (χ0n) is 15.8. The van der Waals surface area contributed by atoms with Gasteiger partial charge in [0.15, 0.2) is 0 Å². The van der Waals surface area contributed by atoms with Crippen molar-refractivity contribution in [1.29, 1.82) is 0 Å². The van der Waals surface area contributed by atoms with Gasteiger partial charge in [-0.3, -0.25) is 9.69 Å². The van der Waals surface area contributed by atoms with Gasteiger partial charge >= 0.3 is 0 Å². The predicted molar refractivity (Wildman–Crippen MR) is 100.0 cm³/mol. The summed E-state index contributed by atoms with van der Waals surface area (Å²) in [4.78, 5) is 17.0. The lowest BCUT2D eigenvalue weighted by atomic mass is 9.92. The molecule has 134 valence electrons. The van der Waals surface area contributed by atoms with Crippen LogP contribution in [0.25, 0.3) is 0 Å². The molecule has 24 heavy (non-hydrogen) atoms. The summed E-state index contributed by atoms with van der Waals surface area (Å²) in [7, 11) is 0. The molecular weight excluding hydrogens is 298 g/mol. The summed E-state index contributed by atoms with van der Waals surface area (Å²) in [5.41, 5.74) is 2.81. The molecule has 1 aliphatic heterocycles. The SMILES string of the molecule is Cc1ccccc1CNC(=O)CN1CCN(CCC(C)(C)C)CC1. The lowest BCUT2D eigenvalue weighted by Gasteiger charge is -2.35. The maximum Gasteiger partial charge on any atom is 0.234 e. The van der Waals surface area contributed by atoms with Gasteiger partial charge in [0.25, 0.3) is 0 Å². The van der Waals surface area contributed by atoms with E-state index >= 15 is 0 Å². The number of benzene rings is 1. The van der Waals surface area contributed by atoms with Crippen molar-refractivity contribution in [3.63, 3.8) is 0 Å². The normalized spacial score (nSPS) is 17.0. The molecule has 0 saturated carbocycles. The topological polar surface area (TPSA) is 35.6 Å². The molecule has 0 spiro atoms. The van der Waals surface area contributed by atoms with E-state index in [2.05, 4.69) is 54.9 Å². The second-order valence-electron chi connectivity index (χ2n) is 8.13. The van der Waals surface area contributed by atoms with Gasteiger partial charge in [-0.15, -0.1) is 0 Å². The first-order valence-corrected chi connectivity index (χ1v) is 9.09. The van der Waals surface area contributed by atoms with E-state index in [0.717, 1.165) is 32.7 Å². The molecule has 2 rings (SSSR count). The third kappa shape index (κ3) is 6.62. The summed E-state index contributed by atoms with van der Waals surface area (Å²) < 4.78 is 0. The number of rotatable bonds is 6. The maximum absolute atomic E-state index is 12.2. The molecule has 1 aliphatic rings. The van der Waals surface area contributed by atoms with Crippen LogP contribution in [-0.2, 0) is 11.3 Å². The maximum atomic E-state index is 12.2. The lowest BCUT2D eigenvalue weighted by molar-refractivity contribution is -0.122. The van der Waals surface area contributed by atoms with E-state index in [0.29, 0.717) is 18.5 Å². The Bertz CT molecular complexity index is 528. The van der Waals surface area contributed by atoms with Crippen molar-refractivity contribution in [2.45, 2.75) is 40.7 Å². The average Bonchev–Trinajstić information content (AvgIpc) is 2.53. The number of aryl methyl sites for hydroxylation is 1. The zero-order chi connectivity index (χ0) is 17.6. The Morgan fingerprint density at radius 2 is 1.71 bits per heavy atom. The molecular formula is C20H33N3O. The minimum atomic E-state index is 0.126. The van der Waals surface area contributed by atoms with Gasteiger partial charge in [-0.05, 0) is 36.4 Å². The molecule has 4 nitrogen and oxygen atoms in total. The lowest BCUT2D eigenvalue weighted by Crippen LogP contribution is -2.49. The summed E-state index contributed by atoms with van der Waals surface area (Å²) in [5, 5.41) is 3.05. The summed E-state index contributed by atoms with van der Waals surface area (Å²) in [6.45, 7) is 15.4. The Kier molecular flexibility index (Phi) is 6.81. The van der Waals surface area contributed by atoms with Crippen LogP contribution in [0.1, 0.15) is 38.3 Å². The van der Waals surface area contributed by atoms with Crippen LogP contribution in [0.15, 0.2) is 24.3 Å². The Hall–Kier alpha value is -1.39. The van der Waals surface area contributed by atoms with Crippen molar-refractivity contribution < 1.29 is 4.79 Å². The number of hydrogen-bond acceptors (Lipinski definition) is 3. The van der Waals surface area contributed by atoms with Crippen LogP contribution in [-0.4, -0.2) is 55.0 Å². The average molecular weight is 332 g/mol. The van der Waals surface area contributed by atoms with Crippen LogP contribution in [0.5, 0.6) is 0 Å². The number of nitrogens with zero attached hydrogens (tertiary/aromatic N) is 2. The van der Waals surface area contributed by atoms with Gasteiger partial charge in [0.2, 0.25) is 5.91 Å². The zero-order valence-corrected chi connectivity index (χ0v) is 15.8. The molecule has 0 bridgehead atoms. The summed E-state index contributed by atoms with van der Waals surface area (Å²) in [6, 6.07) is 8.20. The van der Waals surface area contributed by atoms with E-state index in [1.807, 2.05) is 12.1 Å². The van der Waals surface area contributed by atoms with Crippen molar-refractivity contribution in [3.05, 3.63) is 35.4 Å². The van der Waals surface area contributed by atoms with Gasteiger partial charge in [0.05, 0.1) is 6.54 Å². The van der Waals surface area contributed by atoms with Crippen LogP contribution < -0.4 is 5.32 Å². The van der Waals surface area contributed by atoms with Gasteiger partial charge in [-0.25, -0.2) is 0 Å². The molecule has 4 heteroatoms. The number of nitrogens with one attached hydrogen (secondary N) is 1. The Morgan fingerprint density at radius 3 is 2.33 bits per heavy atom. The van der Waals surface area contributed by atoms with Crippen molar-refractivity contribution in [2.75, 3.05) is 39.3 Å². The largest absolute Gasteiger partial charge is 0.351 e. The summed E-state index contributed by atoms with van der Waals surface area (Å²) in [5.74, 6) is 0.126. The van der Waals surface area contributed by atoms with E-state index in [1.165, 1.54) is 17.5 Å². The fraction of sp³-hybridized carbons (Fsp3) is 0.650. The summed E-state index contributed by atoms with van der Waals surface area (Å²) in [6.07, 6.45) is 1.23. The first-order chi connectivity index (χ1) is 11.3. The molecule has 0 aromatic heterocycles. The van der Waals surface area contributed by atoms with Crippen LogP contribution >= 0.6 is 0 Å². The van der Waals surface area contributed by atoms with Gasteiger partial charge in [-0.2, -0.15) is 0 Å². The highest BCUT2D eigenvalue weighted by Gasteiger charge is 2.20. The monoisotopic (exact) mass is 331 g/mol. The highest BCUT2D eigenvalue weighted by atomic mass is 16.2. The number of carbonyl (C=O) groups excluding carboxylic acids is 1. The molecule has 1 aromatic rings. The van der Waals surface area contributed by atoms with Crippen molar-refractivity contribution in [1.82, 2.24) is 15.1 Å². The van der Waals surface area contributed by atoms with E-state index in [1.54, 1.807) is 0 Å². The molecule has 1 N–H and O–H groups in total. The van der Waals surface area contributed by atoms with Crippen molar-refractivity contribution >= 4 is 5.91 Å². The number of carbonyl (C=O) groups is 1. The standard InChI is InChI=1S/C20H33N3O/c1-17-7-5-6-8-18(17)15-21-19(24)16-23-13-11-22(12-14-23)10-9-20(2,3)4/h5-8H,9-16H2,1-4H3,(H,21,24). The molecule has 1 saturated heterocycles. The molecule has 0 aliphatic carbocycles. The third-order valence-corrected chi connectivity index (χ3v) is 4.75. The molecule has 0 radical (unpaired) electrons. The Balaban J connectivity index is 1.66. The van der Waals surface area contributed by atoms with Gasteiger partial charge in [0, 0.05) is 32.7 Å². The highest BCUT2D eigenvalue weighted by molar-refractivity contribution is 5.78. The molecule has 1 heterocycles. The number of amides is 1. The van der Waals surface area contributed by atoms with Crippen LogP contribution in [0.3, 0.4) is 0 Å². The molecule has 1 amide bonds. The molecule has 1 fully saturated rings. The number of hydrogen-bond donors (Lipinski definition) is 1. The minimum Gasteiger partial charge on any atom is -0.351 e. The highest BCUT2D eigenvalue weighted by Crippen LogP contribution is 2.19. The van der Waals surface area contributed by atoms with E-state index in [-0.39, 0.29) is 5.91 Å².